The molecule has 3 heterocycles. The first-order valence-corrected chi connectivity index (χ1v) is 10.7. The lowest BCUT2D eigenvalue weighted by molar-refractivity contribution is -0.122. The number of rotatable bonds is 5. The molecule has 0 bridgehead atoms. The van der Waals surface area contributed by atoms with Crippen molar-refractivity contribution in [3.63, 3.8) is 0 Å². The zero-order valence-corrected chi connectivity index (χ0v) is 16.4. The van der Waals surface area contributed by atoms with Gasteiger partial charge in [-0.3, -0.25) is 14.6 Å². The maximum absolute atomic E-state index is 12.9. The first-order valence-electron chi connectivity index (χ1n) is 10.7. The van der Waals surface area contributed by atoms with Gasteiger partial charge in [-0.15, -0.1) is 0 Å². The minimum absolute atomic E-state index is 0.101. The molecule has 4 rings (SSSR count). The van der Waals surface area contributed by atoms with Gasteiger partial charge in [0.15, 0.2) is 0 Å². The maximum Gasteiger partial charge on any atom is 0.228 e. The second-order valence-corrected chi connectivity index (χ2v) is 8.35. The summed E-state index contributed by atoms with van der Waals surface area (Å²) in [5.41, 5.74) is 2.24. The van der Waals surface area contributed by atoms with E-state index in [-0.39, 0.29) is 11.8 Å². The molecule has 0 aliphatic carbocycles. The van der Waals surface area contributed by atoms with E-state index >= 15 is 0 Å². The van der Waals surface area contributed by atoms with E-state index in [4.69, 9.17) is 4.74 Å². The van der Waals surface area contributed by atoms with E-state index in [0.717, 1.165) is 64.2 Å². The number of nitrogens with zero attached hydrogens (tertiary/aromatic N) is 2. The molecule has 1 aromatic rings. The Morgan fingerprint density at radius 2 is 1.89 bits per heavy atom. The maximum atomic E-state index is 12.9. The van der Waals surface area contributed by atoms with E-state index in [2.05, 4.69) is 33.3 Å². The van der Waals surface area contributed by atoms with Gasteiger partial charge in [-0.25, -0.2) is 0 Å². The monoisotopic (exact) mass is 371 g/mol. The first kappa shape index (κ1) is 18.9. The number of anilines is 1. The SMILES string of the molecule is O=C(Nc1cccc(CN2CCCC2)c1)[C@H]1CCCN(C2CCOCC2)C1. The number of hydrogen-bond donors (Lipinski definition) is 1. The van der Waals surface area contributed by atoms with Crippen LogP contribution in [0, 0.1) is 5.92 Å². The molecule has 1 aromatic carbocycles. The van der Waals surface area contributed by atoms with Crippen molar-refractivity contribution in [1.82, 2.24) is 9.80 Å². The highest BCUT2D eigenvalue weighted by molar-refractivity contribution is 5.92. The molecule has 5 nitrogen and oxygen atoms in total. The van der Waals surface area contributed by atoms with Gasteiger partial charge in [0.25, 0.3) is 0 Å². The first-order chi connectivity index (χ1) is 13.3. The van der Waals surface area contributed by atoms with Crippen LogP contribution in [0.2, 0.25) is 0 Å². The Morgan fingerprint density at radius 3 is 2.70 bits per heavy atom. The molecule has 1 amide bonds. The van der Waals surface area contributed by atoms with E-state index in [1.807, 2.05) is 6.07 Å². The molecule has 5 heteroatoms. The molecule has 0 radical (unpaired) electrons. The van der Waals surface area contributed by atoms with Gasteiger partial charge in [0.2, 0.25) is 5.91 Å². The molecule has 0 saturated carbocycles. The van der Waals surface area contributed by atoms with E-state index in [0.29, 0.717) is 6.04 Å². The fraction of sp³-hybridized carbons (Fsp3) is 0.682. The molecule has 0 unspecified atom stereocenters. The highest BCUT2D eigenvalue weighted by atomic mass is 16.5. The summed E-state index contributed by atoms with van der Waals surface area (Å²) < 4.78 is 5.49. The lowest BCUT2D eigenvalue weighted by Crippen LogP contribution is -2.47. The van der Waals surface area contributed by atoms with Crippen LogP contribution in [0.4, 0.5) is 5.69 Å². The van der Waals surface area contributed by atoms with E-state index in [1.165, 1.54) is 31.5 Å². The van der Waals surface area contributed by atoms with Crippen LogP contribution in [0.15, 0.2) is 24.3 Å². The number of piperidine rings is 1. The Hall–Kier alpha value is -1.43. The van der Waals surface area contributed by atoms with E-state index in [9.17, 15) is 4.79 Å². The molecule has 3 aliphatic heterocycles. The molecule has 3 aliphatic rings. The molecule has 3 fully saturated rings. The van der Waals surface area contributed by atoms with Gasteiger partial charge >= 0.3 is 0 Å². The van der Waals surface area contributed by atoms with Gasteiger partial charge in [0, 0.05) is 38.0 Å². The smallest absolute Gasteiger partial charge is 0.228 e. The summed E-state index contributed by atoms with van der Waals surface area (Å²) in [6, 6.07) is 9.00. The fourth-order valence-corrected chi connectivity index (χ4v) is 4.79. The summed E-state index contributed by atoms with van der Waals surface area (Å²) in [6.45, 7) is 7.12. The van der Waals surface area contributed by atoms with Crippen LogP contribution in [0.25, 0.3) is 0 Å². The zero-order chi connectivity index (χ0) is 18.5. The molecular formula is C22H33N3O2. The minimum atomic E-state index is 0.101. The number of hydrogen-bond acceptors (Lipinski definition) is 4. The van der Waals surface area contributed by atoms with Crippen molar-refractivity contribution in [3.8, 4) is 0 Å². The number of carbonyl (C=O) groups excluding carboxylic acids is 1. The van der Waals surface area contributed by atoms with Crippen LogP contribution in [0.1, 0.15) is 44.1 Å². The number of likely N-dealkylation sites (tertiary alicyclic amines) is 2. The Kier molecular flexibility index (Phi) is 6.43. The predicted octanol–water partition coefficient (Wildman–Crippen LogP) is 3.11. The Labute approximate surface area is 163 Å². The third kappa shape index (κ3) is 5.09. The topological polar surface area (TPSA) is 44.8 Å². The molecule has 1 N–H and O–H groups in total. The summed E-state index contributed by atoms with van der Waals surface area (Å²) >= 11 is 0. The fourth-order valence-electron chi connectivity index (χ4n) is 4.79. The molecule has 0 spiro atoms. The summed E-state index contributed by atoms with van der Waals surface area (Å²) in [6.07, 6.45) is 6.94. The summed E-state index contributed by atoms with van der Waals surface area (Å²) in [5, 5.41) is 3.19. The predicted molar refractivity (Wildman–Crippen MR) is 108 cm³/mol. The Bertz CT molecular complexity index is 624. The number of nitrogens with one attached hydrogen (secondary N) is 1. The normalized spacial score (nSPS) is 25.6. The molecule has 27 heavy (non-hydrogen) atoms. The largest absolute Gasteiger partial charge is 0.381 e. The van der Waals surface area contributed by atoms with Gasteiger partial charge in [0.1, 0.15) is 0 Å². The number of amides is 1. The zero-order valence-electron chi connectivity index (χ0n) is 16.4. The lowest BCUT2D eigenvalue weighted by Gasteiger charge is -2.39. The molecule has 1 atom stereocenters. The van der Waals surface area contributed by atoms with Gasteiger partial charge in [0.05, 0.1) is 5.92 Å². The van der Waals surface area contributed by atoms with Gasteiger partial charge in [-0.2, -0.15) is 0 Å². The second-order valence-electron chi connectivity index (χ2n) is 8.35. The summed E-state index contributed by atoms with van der Waals surface area (Å²) in [4.78, 5) is 17.9. The average Bonchev–Trinajstić information content (AvgIpc) is 3.22. The van der Waals surface area contributed by atoms with Crippen LogP contribution in [0.3, 0.4) is 0 Å². The quantitative estimate of drug-likeness (QED) is 0.864. The van der Waals surface area contributed by atoms with Gasteiger partial charge < -0.3 is 10.1 Å². The highest BCUT2D eigenvalue weighted by Crippen LogP contribution is 2.24. The summed E-state index contributed by atoms with van der Waals surface area (Å²) in [7, 11) is 0. The summed E-state index contributed by atoms with van der Waals surface area (Å²) in [5.74, 6) is 0.286. The van der Waals surface area contributed by atoms with Crippen molar-refractivity contribution in [2.24, 2.45) is 5.92 Å². The molecular weight excluding hydrogens is 338 g/mol. The molecule has 3 saturated heterocycles. The molecule has 148 valence electrons. The minimum Gasteiger partial charge on any atom is -0.381 e. The van der Waals surface area contributed by atoms with E-state index in [1.54, 1.807) is 0 Å². The van der Waals surface area contributed by atoms with Crippen LogP contribution in [-0.4, -0.2) is 61.1 Å². The highest BCUT2D eigenvalue weighted by Gasteiger charge is 2.30. The van der Waals surface area contributed by atoms with Gasteiger partial charge in [-0.05, 0) is 75.9 Å². The van der Waals surface area contributed by atoms with E-state index < -0.39 is 0 Å². The van der Waals surface area contributed by atoms with Crippen molar-refractivity contribution in [2.45, 2.75) is 51.1 Å². The van der Waals surface area contributed by atoms with Gasteiger partial charge in [-0.1, -0.05) is 12.1 Å². The van der Waals surface area contributed by atoms with Crippen LogP contribution >= 0.6 is 0 Å². The third-order valence-corrected chi connectivity index (χ3v) is 6.33. The third-order valence-electron chi connectivity index (χ3n) is 6.33. The number of carbonyl (C=O) groups is 1. The number of ether oxygens (including phenoxy) is 1. The van der Waals surface area contributed by atoms with Crippen molar-refractivity contribution in [3.05, 3.63) is 29.8 Å². The number of benzene rings is 1. The van der Waals surface area contributed by atoms with Crippen molar-refractivity contribution in [1.29, 1.82) is 0 Å². The van der Waals surface area contributed by atoms with Crippen LogP contribution in [0.5, 0.6) is 0 Å². The lowest BCUT2D eigenvalue weighted by atomic mass is 9.94. The van der Waals surface area contributed by atoms with Crippen molar-refractivity contribution < 1.29 is 9.53 Å². The van der Waals surface area contributed by atoms with Crippen LogP contribution < -0.4 is 5.32 Å². The Morgan fingerprint density at radius 1 is 1.07 bits per heavy atom. The average molecular weight is 372 g/mol. The second kappa shape index (κ2) is 9.18. The Balaban J connectivity index is 1.32. The standard InChI is InChI=1S/C22H33N3O2/c26-22(19-6-4-12-25(17-19)21-8-13-27-14-9-21)23-20-7-3-5-18(15-20)16-24-10-1-2-11-24/h3,5,7,15,19,21H,1-2,4,6,8-14,16-17H2,(H,23,26)/t19-/m0/s1. The van der Waals surface area contributed by atoms with Crippen molar-refractivity contribution >= 4 is 11.6 Å². The van der Waals surface area contributed by atoms with Crippen LogP contribution in [-0.2, 0) is 16.1 Å². The molecule has 0 aromatic heterocycles. The van der Waals surface area contributed by atoms with Crippen molar-refractivity contribution in [2.75, 3.05) is 44.7 Å².